The highest BCUT2D eigenvalue weighted by Gasteiger charge is 2.00. The Morgan fingerprint density at radius 3 is 2.55 bits per heavy atom. The summed E-state index contributed by atoms with van der Waals surface area (Å²) >= 11 is 4.93. The molecule has 1 aromatic heterocycles. The number of rotatable bonds is 1. The van der Waals surface area contributed by atoms with Crippen molar-refractivity contribution in [2.24, 2.45) is 0 Å². The second-order valence-corrected chi connectivity index (χ2v) is 2.97. The lowest BCUT2D eigenvalue weighted by molar-refractivity contribution is 0.941. The van der Waals surface area contributed by atoms with E-state index in [1.54, 1.807) is 0 Å². The Morgan fingerprint density at radius 2 is 2.09 bits per heavy atom. The second kappa shape index (κ2) is 3.13. The van der Waals surface area contributed by atoms with Crippen LogP contribution in [0, 0.1) is 18.6 Å². The van der Waals surface area contributed by atoms with Crippen molar-refractivity contribution in [3.05, 3.63) is 21.7 Å². The van der Waals surface area contributed by atoms with Crippen molar-refractivity contribution in [1.29, 1.82) is 0 Å². The zero-order valence-corrected chi connectivity index (χ0v) is 7.88. The van der Waals surface area contributed by atoms with E-state index in [0.717, 1.165) is 17.8 Å². The first-order valence-corrected chi connectivity index (χ1v) is 4.12. The van der Waals surface area contributed by atoms with Crippen LogP contribution in [-0.2, 0) is 6.42 Å². The molecule has 0 spiro atoms. The van der Waals surface area contributed by atoms with E-state index in [2.05, 4.69) is 16.9 Å². The van der Waals surface area contributed by atoms with Crippen LogP contribution in [0.2, 0.25) is 0 Å². The van der Waals surface area contributed by atoms with Crippen LogP contribution in [0.3, 0.4) is 0 Å². The molecule has 0 saturated heterocycles. The lowest BCUT2D eigenvalue weighted by Crippen LogP contribution is -1.98. The average Bonchev–Trinajstić information content (AvgIpc) is 1.85. The minimum Gasteiger partial charge on any atom is -0.335 e. The average molecular weight is 168 g/mol. The SMILES string of the molecule is CCc1c(C)nc(=S)[nH]c1C. The standard InChI is InChI=1S/C8H12N2S/c1-4-7-5(2)9-8(11)10-6(7)3/h4H2,1-3H3,(H,9,10,11). The maximum absolute atomic E-state index is 4.93. The molecule has 1 N–H and O–H groups in total. The van der Waals surface area contributed by atoms with Gasteiger partial charge in [0.1, 0.15) is 0 Å². The van der Waals surface area contributed by atoms with Crippen LogP contribution in [0.4, 0.5) is 0 Å². The minimum absolute atomic E-state index is 0.581. The summed E-state index contributed by atoms with van der Waals surface area (Å²) in [5.41, 5.74) is 3.47. The fourth-order valence-corrected chi connectivity index (χ4v) is 1.57. The van der Waals surface area contributed by atoms with Gasteiger partial charge in [-0.05, 0) is 38.0 Å². The number of hydrogen-bond acceptors (Lipinski definition) is 2. The Labute approximate surface area is 71.7 Å². The van der Waals surface area contributed by atoms with E-state index in [9.17, 15) is 0 Å². The van der Waals surface area contributed by atoms with Crippen molar-refractivity contribution < 1.29 is 0 Å². The molecular weight excluding hydrogens is 156 g/mol. The van der Waals surface area contributed by atoms with Crippen molar-refractivity contribution in [2.45, 2.75) is 27.2 Å². The van der Waals surface area contributed by atoms with Gasteiger partial charge in [-0.3, -0.25) is 0 Å². The molecule has 0 atom stereocenters. The fourth-order valence-electron chi connectivity index (χ4n) is 1.28. The molecule has 0 unspecified atom stereocenters. The molecule has 2 nitrogen and oxygen atoms in total. The normalized spacial score (nSPS) is 10.1. The number of hydrogen-bond donors (Lipinski definition) is 1. The molecule has 0 radical (unpaired) electrons. The lowest BCUT2D eigenvalue weighted by atomic mass is 10.1. The molecule has 0 aromatic carbocycles. The largest absolute Gasteiger partial charge is 0.335 e. The van der Waals surface area contributed by atoms with Gasteiger partial charge in [0.15, 0.2) is 4.77 Å². The summed E-state index contributed by atoms with van der Waals surface area (Å²) in [5.74, 6) is 0. The third-order valence-corrected chi connectivity index (χ3v) is 2.00. The van der Waals surface area contributed by atoms with E-state index in [1.807, 2.05) is 13.8 Å². The van der Waals surface area contributed by atoms with Crippen molar-refractivity contribution in [3.63, 3.8) is 0 Å². The zero-order valence-electron chi connectivity index (χ0n) is 7.06. The van der Waals surface area contributed by atoms with Crippen LogP contribution in [-0.4, -0.2) is 9.97 Å². The summed E-state index contributed by atoms with van der Waals surface area (Å²) in [4.78, 5) is 7.20. The first-order valence-electron chi connectivity index (χ1n) is 3.71. The van der Waals surface area contributed by atoms with Crippen LogP contribution in [0.5, 0.6) is 0 Å². The van der Waals surface area contributed by atoms with Gasteiger partial charge in [-0.15, -0.1) is 0 Å². The smallest absolute Gasteiger partial charge is 0.197 e. The number of nitrogens with zero attached hydrogens (tertiary/aromatic N) is 1. The van der Waals surface area contributed by atoms with Gasteiger partial charge < -0.3 is 4.98 Å². The molecule has 1 heterocycles. The molecule has 11 heavy (non-hydrogen) atoms. The monoisotopic (exact) mass is 168 g/mol. The Bertz CT molecular complexity index is 288. The first kappa shape index (κ1) is 8.40. The number of nitrogens with one attached hydrogen (secondary N) is 1. The third-order valence-electron chi connectivity index (χ3n) is 1.81. The molecule has 0 aliphatic rings. The van der Waals surface area contributed by atoms with Crippen molar-refractivity contribution in [3.8, 4) is 0 Å². The topological polar surface area (TPSA) is 28.7 Å². The quantitative estimate of drug-likeness (QED) is 0.652. The van der Waals surface area contributed by atoms with Gasteiger partial charge in [0.2, 0.25) is 0 Å². The van der Waals surface area contributed by atoms with Gasteiger partial charge in [-0.2, -0.15) is 0 Å². The summed E-state index contributed by atoms with van der Waals surface area (Å²) in [6, 6.07) is 0. The third kappa shape index (κ3) is 1.66. The number of H-pyrrole nitrogens is 1. The van der Waals surface area contributed by atoms with Crippen molar-refractivity contribution in [2.75, 3.05) is 0 Å². The van der Waals surface area contributed by atoms with Crippen LogP contribution in [0.15, 0.2) is 0 Å². The predicted molar refractivity (Wildman–Crippen MR) is 48.3 cm³/mol. The summed E-state index contributed by atoms with van der Waals surface area (Å²) in [7, 11) is 0. The molecule has 0 aliphatic carbocycles. The summed E-state index contributed by atoms with van der Waals surface area (Å²) in [6.45, 7) is 6.15. The molecule has 60 valence electrons. The van der Waals surface area contributed by atoms with Gasteiger partial charge >= 0.3 is 0 Å². The molecule has 0 aliphatic heterocycles. The first-order chi connectivity index (χ1) is 5.15. The fraction of sp³-hybridized carbons (Fsp3) is 0.500. The van der Waals surface area contributed by atoms with Gasteiger partial charge in [-0.25, -0.2) is 4.98 Å². The molecule has 1 aromatic rings. The minimum atomic E-state index is 0.581. The van der Waals surface area contributed by atoms with Gasteiger partial charge in [0.25, 0.3) is 0 Å². The van der Waals surface area contributed by atoms with E-state index < -0.39 is 0 Å². The van der Waals surface area contributed by atoms with E-state index in [1.165, 1.54) is 5.56 Å². The Balaban J connectivity index is 3.36. The van der Waals surface area contributed by atoms with Gasteiger partial charge in [0.05, 0.1) is 0 Å². The maximum atomic E-state index is 4.93. The maximum Gasteiger partial charge on any atom is 0.197 e. The summed E-state index contributed by atoms with van der Waals surface area (Å²) in [5, 5.41) is 0. The molecular formula is C8H12N2S. The molecule has 0 saturated carbocycles. The van der Waals surface area contributed by atoms with Gasteiger partial charge in [-0.1, -0.05) is 6.92 Å². The Morgan fingerprint density at radius 1 is 1.45 bits per heavy atom. The van der Waals surface area contributed by atoms with E-state index in [-0.39, 0.29) is 0 Å². The molecule has 3 heteroatoms. The van der Waals surface area contributed by atoms with Crippen LogP contribution < -0.4 is 0 Å². The summed E-state index contributed by atoms with van der Waals surface area (Å²) in [6.07, 6.45) is 1.01. The highest BCUT2D eigenvalue weighted by molar-refractivity contribution is 7.71. The Hall–Kier alpha value is -0.700. The highest BCUT2D eigenvalue weighted by atomic mass is 32.1. The number of aromatic nitrogens is 2. The van der Waals surface area contributed by atoms with Gasteiger partial charge in [0, 0.05) is 11.4 Å². The number of aryl methyl sites for hydroxylation is 2. The van der Waals surface area contributed by atoms with Crippen LogP contribution >= 0.6 is 12.2 Å². The zero-order chi connectivity index (χ0) is 8.43. The lowest BCUT2D eigenvalue weighted by Gasteiger charge is -2.04. The highest BCUT2D eigenvalue weighted by Crippen LogP contribution is 2.08. The predicted octanol–water partition coefficient (Wildman–Crippen LogP) is 2.32. The number of aromatic amines is 1. The summed E-state index contributed by atoms with van der Waals surface area (Å²) < 4.78 is 0.581. The van der Waals surface area contributed by atoms with E-state index in [0.29, 0.717) is 4.77 Å². The van der Waals surface area contributed by atoms with Crippen molar-refractivity contribution in [1.82, 2.24) is 9.97 Å². The molecule has 1 rings (SSSR count). The van der Waals surface area contributed by atoms with Crippen LogP contribution in [0.1, 0.15) is 23.9 Å². The molecule has 0 amide bonds. The van der Waals surface area contributed by atoms with E-state index in [4.69, 9.17) is 12.2 Å². The van der Waals surface area contributed by atoms with Crippen LogP contribution in [0.25, 0.3) is 0 Å². The molecule has 0 fully saturated rings. The molecule has 0 bridgehead atoms. The second-order valence-electron chi connectivity index (χ2n) is 2.58. The van der Waals surface area contributed by atoms with Crippen molar-refractivity contribution >= 4 is 12.2 Å². The van der Waals surface area contributed by atoms with E-state index >= 15 is 0 Å². The Kier molecular flexibility index (Phi) is 2.39.